The normalized spacial score (nSPS) is 12.3. The van der Waals surface area contributed by atoms with Crippen LogP contribution in [-0.4, -0.2) is 62.1 Å². The minimum Gasteiger partial charge on any atom is -0.444 e. The third-order valence-corrected chi connectivity index (χ3v) is 2.77. The predicted octanol–water partition coefficient (Wildman–Crippen LogP) is 1.15. The lowest BCUT2D eigenvalue weighted by molar-refractivity contribution is 0.0232. The molecule has 19 heavy (non-hydrogen) atoms. The molecule has 0 rings (SSSR count). The van der Waals surface area contributed by atoms with Crippen molar-refractivity contribution in [2.75, 3.05) is 32.6 Å². The van der Waals surface area contributed by atoms with Gasteiger partial charge in [0.25, 0.3) is 10.1 Å². The molecule has 0 bridgehead atoms. The first-order valence-electron chi connectivity index (χ1n) is 5.98. The lowest BCUT2D eigenvalue weighted by Crippen LogP contribution is -2.36. The van der Waals surface area contributed by atoms with Crippen molar-refractivity contribution in [1.29, 1.82) is 0 Å². The Bertz CT molecular complexity index is 373. The molecular weight excluding hydrogens is 274 g/mol. The highest BCUT2D eigenvalue weighted by Gasteiger charge is 2.19. The Morgan fingerprint density at radius 3 is 2.32 bits per heavy atom. The Labute approximate surface area is 114 Å². The standard InChI is InChI=1S/C11H23NO6S/c1-11(2,3)18-10(13)12(4)6-8-17-7-5-9-19(14,15)16/h5-9H2,1-4H3,(H,14,15,16). The fourth-order valence-corrected chi connectivity index (χ4v) is 1.56. The number of rotatable bonds is 7. The van der Waals surface area contributed by atoms with Gasteiger partial charge in [-0.25, -0.2) is 4.79 Å². The van der Waals surface area contributed by atoms with Gasteiger partial charge in [0.1, 0.15) is 5.60 Å². The zero-order chi connectivity index (χ0) is 15.1. The van der Waals surface area contributed by atoms with E-state index in [0.717, 1.165) is 0 Å². The van der Waals surface area contributed by atoms with E-state index in [1.807, 2.05) is 0 Å². The van der Waals surface area contributed by atoms with Gasteiger partial charge in [-0.05, 0) is 27.2 Å². The molecule has 0 aromatic heterocycles. The van der Waals surface area contributed by atoms with Crippen molar-refractivity contribution >= 4 is 16.2 Å². The quantitative estimate of drug-likeness (QED) is 0.559. The highest BCUT2D eigenvalue weighted by molar-refractivity contribution is 7.85. The Morgan fingerprint density at radius 2 is 1.84 bits per heavy atom. The Morgan fingerprint density at radius 1 is 1.26 bits per heavy atom. The van der Waals surface area contributed by atoms with Gasteiger partial charge in [-0.2, -0.15) is 8.42 Å². The molecule has 0 aliphatic rings. The first-order chi connectivity index (χ1) is 8.51. The summed E-state index contributed by atoms with van der Waals surface area (Å²) in [5.74, 6) is -0.324. The summed E-state index contributed by atoms with van der Waals surface area (Å²) in [6, 6.07) is 0. The van der Waals surface area contributed by atoms with Gasteiger partial charge in [0.2, 0.25) is 0 Å². The number of hydrogen-bond acceptors (Lipinski definition) is 5. The minimum absolute atomic E-state index is 0.210. The van der Waals surface area contributed by atoms with Crippen molar-refractivity contribution in [1.82, 2.24) is 4.90 Å². The van der Waals surface area contributed by atoms with Crippen LogP contribution in [0.15, 0.2) is 0 Å². The number of hydrogen-bond donors (Lipinski definition) is 1. The summed E-state index contributed by atoms with van der Waals surface area (Å²) in [6.45, 7) is 6.18. The van der Waals surface area contributed by atoms with Crippen LogP contribution in [0.1, 0.15) is 27.2 Å². The predicted molar refractivity (Wildman–Crippen MR) is 70.7 cm³/mol. The van der Waals surface area contributed by atoms with E-state index in [9.17, 15) is 13.2 Å². The zero-order valence-corrected chi connectivity index (χ0v) is 12.7. The van der Waals surface area contributed by atoms with Crippen molar-refractivity contribution in [3.63, 3.8) is 0 Å². The molecule has 0 saturated heterocycles. The van der Waals surface area contributed by atoms with Crippen LogP contribution in [0.5, 0.6) is 0 Å². The van der Waals surface area contributed by atoms with Crippen molar-refractivity contribution in [3.05, 3.63) is 0 Å². The van der Waals surface area contributed by atoms with Crippen LogP contribution >= 0.6 is 0 Å². The topological polar surface area (TPSA) is 93.1 Å². The molecule has 0 fully saturated rings. The number of likely N-dealkylation sites (N-methyl/N-ethyl adjacent to an activating group) is 1. The molecule has 0 aliphatic carbocycles. The number of ether oxygens (including phenoxy) is 2. The highest BCUT2D eigenvalue weighted by atomic mass is 32.2. The summed E-state index contributed by atoms with van der Waals surface area (Å²) in [6.07, 6.45) is -0.219. The van der Waals surface area contributed by atoms with Crippen LogP contribution in [0, 0.1) is 0 Å². The molecule has 0 aromatic carbocycles. The van der Waals surface area contributed by atoms with E-state index in [2.05, 4.69) is 0 Å². The van der Waals surface area contributed by atoms with Gasteiger partial charge in [0.05, 0.1) is 12.4 Å². The maximum absolute atomic E-state index is 11.5. The van der Waals surface area contributed by atoms with Crippen molar-refractivity contribution in [2.45, 2.75) is 32.8 Å². The molecular formula is C11H23NO6S. The van der Waals surface area contributed by atoms with Gasteiger partial charge >= 0.3 is 6.09 Å². The summed E-state index contributed by atoms with van der Waals surface area (Å²) in [4.78, 5) is 12.9. The lowest BCUT2D eigenvalue weighted by atomic mass is 10.2. The molecule has 0 spiro atoms. The van der Waals surface area contributed by atoms with Crippen molar-refractivity contribution in [3.8, 4) is 0 Å². The molecule has 0 aromatic rings. The molecule has 1 N–H and O–H groups in total. The van der Waals surface area contributed by atoms with E-state index in [-0.39, 0.29) is 25.4 Å². The second-order valence-electron chi connectivity index (χ2n) is 5.15. The van der Waals surface area contributed by atoms with E-state index in [0.29, 0.717) is 6.54 Å². The molecule has 0 aliphatic heterocycles. The average molecular weight is 297 g/mol. The molecule has 114 valence electrons. The zero-order valence-electron chi connectivity index (χ0n) is 11.9. The maximum atomic E-state index is 11.5. The Kier molecular flexibility index (Phi) is 7.32. The lowest BCUT2D eigenvalue weighted by Gasteiger charge is -2.24. The van der Waals surface area contributed by atoms with Crippen LogP contribution in [0.3, 0.4) is 0 Å². The Balaban J connectivity index is 3.69. The van der Waals surface area contributed by atoms with E-state index in [1.54, 1.807) is 27.8 Å². The van der Waals surface area contributed by atoms with Gasteiger partial charge in [-0.1, -0.05) is 0 Å². The van der Waals surface area contributed by atoms with Crippen molar-refractivity contribution in [2.24, 2.45) is 0 Å². The number of nitrogens with zero attached hydrogens (tertiary/aromatic N) is 1. The molecule has 0 unspecified atom stereocenters. The number of carbonyl (C=O) groups is 1. The third-order valence-electron chi connectivity index (χ3n) is 1.97. The molecule has 0 heterocycles. The van der Waals surface area contributed by atoms with Gasteiger partial charge in [-0.15, -0.1) is 0 Å². The van der Waals surface area contributed by atoms with Gasteiger partial charge in [0.15, 0.2) is 0 Å². The van der Waals surface area contributed by atoms with Crippen molar-refractivity contribution < 1.29 is 27.2 Å². The Hall–Kier alpha value is -0.860. The first-order valence-corrected chi connectivity index (χ1v) is 7.59. The molecule has 0 atom stereocenters. The smallest absolute Gasteiger partial charge is 0.410 e. The van der Waals surface area contributed by atoms with Gasteiger partial charge < -0.3 is 14.4 Å². The summed E-state index contributed by atoms with van der Waals surface area (Å²) >= 11 is 0. The molecule has 7 nitrogen and oxygen atoms in total. The van der Waals surface area contributed by atoms with E-state index in [1.165, 1.54) is 4.90 Å². The minimum atomic E-state index is -3.93. The van der Waals surface area contributed by atoms with Crippen LogP contribution in [0.2, 0.25) is 0 Å². The van der Waals surface area contributed by atoms with Crippen LogP contribution in [0.4, 0.5) is 4.79 Å². The fourth-order valence-electron chi connectivity index (χ4n) is 1.08. The van der Waals surface area contributed by atoms with E-state index >= 15 is 0 Å². The molecule has 8 heteroatoms. The largest absolute Gasteiger partial charge is 0.444 e. The van der Waals surface area contributed by atoms with Crippen LogP contribution < -0.4 is 0 Å². The van der Waals surface area contributed by atoms with Crippen LogP contribution in [0.25, 0.3) is 0 Å². The monoisotopic (exact) mass is 297 g/mol. The number of amides is 1. The average Bonchev–Trinajstić information content (AvgIpc) is 2.18. The second kappa shape index (κ2) is 7.66. The van der Waals surface area contributed by atoms with Crippen LogP contribution in [-0.2, 0) is 19.6 Å². The second-order valence-corrected chi connectivity index (χ2v) is 6.73. The highest BCUT2D eigenvalue weighted by Crippen LogP contribution is 2.08. The molecule has 0 saturated carbocycles. The van der Waals surface area contributed by atoms with Gasteiger partial charge in [-0.3, -0.25) is 4.55 Å². The summed E-state index contributed by atoms with van der Waals surface area (Å²) < 4.78 is 39.6. The first kappa shape index (κ1) is 18.1. The molecule has 0 radical (unpaired) electrons. The van der Waals surface area contributed by atoms with Gasteiger partial charge in [0, 0.05) is 20.2 Å². The van der Waals surface area contributed by atoms with E-state index < -0.39 is 21.8 Å². The summed E-state index contributed by atoms with van der Waals surface area (Å²) in [5, 5.41) is 0. The van der Waals surface area contributed by atoms with E-state index in [4.69, 9.17) is 14.0 Å². The SMILES string of the molecule is CN(CCOCCCS(=O)(=O)O)C(=O)OC(C)(C)C. The molecule has 1 amide bonds. The fraction of sp³-hybridized carbons (Fsp3) is 0.909. The third kappa shape index (κ3) is 11.9. The summed E-state index contributed by atoms with van der Waals surface area (Å²) in [7, 11) is -2.33. The number of carbonyl (C=O) groups excluding carboxylic acids is 1. The summed E-state index contributed by atoms with van der Waals surface area (Å²) in [5.41, 5.74) is -0.540. The maximum Gasteiger partial charge on any atom is 0.410 e.